The highest BCUT2D eigenvalue weighted by Gasteiger charge is 2.07. The van der Waals surface area contributed by atoms with Crippen molar-refractivity contribution in [3.8, 4) is 0 Å². The normalized spacial score (nSPS) is 14.5. The summed E-state index contributed by atoms with van der Waals surface area (Å²) in [6.07, 6.45) is 2.42. The average Bonchev–Trinajstić information content (AvgIpc) is 2.14. The second kappa shape index (κ2) is 6.15. The van der Waals surface area contributed by atoms with Crippen molar-refractivity contribution in [2.75, 3.05) is 17.3 Å². The van der Waals surface area contributed by atoms with Crippen LogP contribution in [0, 0.1) is 0 Å². The Hall–Kier alpha value is -0.680. The molecule has 90 valence electrons. The highest BCUT2D eigenvalue weighted by molar-refractivity contribution is 7.84. The van der Waals surface area contributed by atoms with Crippen molar-refractivity contribution in [1.82, 2.24) is 9.97 Å². The monoisotopic (exact) mass is 261 g/mol. The lowest BCUT2D eigenvalue weighted by atomic mass is 10.4. The quantitative estimate of drug-likeness (QED) is 0.823. The summed E-state index contributed by atoms with van der Waals surface area (Å²) in [7, 11) is -0.821. The van der Waals surface area contributed by atoms with Gasteiger partial charge in [-0.05, 0) is 6.92 Å². The predicted molar refractivity (Wildman–Crippen MR) is 68.4 cm³/mol. The van der Waals surface area contributed by atoms with Gasteiger partial charge in [-0.1, -0.05) is 18.5 Å². The molecule has 0 aliphatic heterocycles. The van der Waals surface area contributed by atoms with Crippen LogP contribution < -0.4 is 5.32 Å². The fourth-order valence-electron chi connectivity index (χ4n) is 1.34. The Morgan fingerprint density at radius 1 is 1.56 bits per heavy atom. The Bertz CT molecular complexity index is 386. The van der Waals surface area contributed by atoms with Crippen molar-refractivity contribution < 1.29 is 4.21 Å². The number of halogens is 1. The zero-order chi connectivity index (χ0) is 12.1. The van der Waals surface area contributed by atoms with E-state index in [1.165, 1.54) is 0 Å². The molecular formula is C10H16ClN3OS. The molecule has 0 aromatic carbocycles. The molecule has 2 unspecified atom stereocenters. The van der Waals surface area contributed by atoms with E-state index in [-0.39, 0.29) is 6.04 Å². The highest BCUT2D eigenvalue weighted by Crippen LogP contribution is 2.12. The standard InChI is InChI=1S/C10H16ClN3OS/c1-4-9-13-8(11)5-10(14-9)12-7(2)6-16(3)15/h5,7H,4,6H2,1-3H3,(H,12,13,14). The first kappa shape index (κ1) is 13.4. The summed E-state index contributed by atoms with van der Waals surface area (Å²) in [5.74, 6) is 1.98. The van der Waals surface area contributed by atoms with E-state index in [1.54, 1.807) is 12.3 Å². The van der Waals surface area contributed by atoms with Crippen molar-refractivity contribution in [1.29, 1.82) is 0 Å². The summed E-state index contributed by atoms with van der Waals surface area (Å²) in [4.78, 5) is 8.37. The molecule has 6 heteroatoms. The van der Waals surface area contributed by atoms with E-state index in [2.05, 4.69) is 15.3 Å². The van der Waals surface area contributed by atoms with Crippen LogP contribution in [0.25, 0.3) is 0 Å². The van der Waals surface area contributed by atoms with Gasteiger partial charge in [0, 0.05) is 41.3 Å². The second-order valence-corrected chi connectivity index (χ2v) is 5.50. The van der Waals surface area contributed by atoms with Gasteiger partial charge in [0.15, 0.2) is 0 Å². The number of nitrogens with one attached hydrogen (secondary N) is 1. The Labute approximate surface area is 103 Å². The van der Waals surface area contributed by atoms with Gasteiger partial charge in [-0.15, -0.1) is 0 Å². The first-order valence-electron chi connectivity index (χ1n) is 5.11. The Balaban J connectivity index is 2.72. The SMILES string of the molecule is CCc1nc(Cl)cc(NC(C)CS(C)=O)n1. The minimum absolute atomic E-state index is 0.0986. The van der Waals surface area contributed by atoms with E-state index in [0.717, 1.165) is 6.42 Å². The maximum atomic E-state index is 11.0. The molecule has 1 N–H and O–H groups in total. The summed E-state index contributed by atoms with van der Waals surface area (Å²) in [5, 5.41) is 3.59. The van der Waals surface area contributed by atoms with E-state index in [9.17, 15) is 4.21 Å². The molecular weight excluding hydrogens is 246 g/mol. The second-order valence-electron chi connectivity index (χ2n) is 3.63. The Morgan fingerprint density at radius 2 is 2.25 bits per heavy atom. The largest absolute Gasteiger partial charge is 0.367 e. The van der Waals surface area contributed by atoms with Gasteiger partial charge >= 0.3 is 0 Å². The number of hydrogen-bond acceptors (Lipinski definition) is 4. The van der Waals surface area contributed by atoms with Crippen LogP contribution in [0.3, 0.4) is 0 Å². The van der Waals surface area contributed by atoms with Crippen LogP contribution in [-0.2, 0) is 17.2 Å². The van der Waals surface area contributed by atoms with Crippen LogP contribution in [0.5, 0.6) is 0 Å². The van der Waals surface area contributed by atoms with Crippen LogP contribution in [0.1, 0.15) is 19.7 Å². The van der Waals surface area contributed by atoms with Gasteiger partial charge < -0.3 is 5.32 Å². The fraction of sp³-hybridized carbons (Fsp3) is 0.600. The molecule has 2 atom stereocenters. The smallest absolute Gasteiger partial charge is 0.134 e. The molecule has 0 radical (unpaired) electrons. The maximum absolute atomic E-state index is 11.0. The number of aromatic nitrogens is 2. The minimum atomic E-state index is -0.821. The van der Waals surface area contributed by atoms with Gasteiger partial charge in [0.25, 0.3) is 0 Å². The first-order chi connectivity index (χ1) is 7.51. The number of aryl methyl sites for hydroxylation is 1. The lowest BCUT2D eigenvalue weighted by Gasteiger charge is -2.13. The van der Waals surface area contributed by atoms with Gasteiger partial charge in [0.2, 0.25) is 0 Å². The van der Waals surface area contributed by atoms with Gasteiger partial charge in [-0.25, -0.2) is 9.97 Å². The Kier molecular flexibility index (Phi) is 5.15. The fourth-order valence-corrected chi connectivity index (χ4v) is 2.33. The third-order valence-corrected chi connectivity index (χ3v) is 3.10. The molecule has 0 spiro atoms. The summed E-state index contributed by atoms with van der Waals surface area (Å²) < 4.78 is 11.0. The summed E-state index contributed by atoms with van der Waals surface area (Å²) >= 11 is 5.87. The zero-order valence-corrected chi connectivity index (χ0v) is 11.2. The average molecular weight is 262 g/mol. The van der Waals surface area contributed by atoms with E-state index in [0.29, 0.717) is 22.5 Å². The molecule has 4 nitrogen and oxygen atoms in total. The van der Waals surface area contributed by atoms with E-state index >= 15 is 0 Å². The highest BCUT2D eigenvalue weighted by atomic mass is 35.5. The van der Waals surface area contributed by atoms with Crippen molar-refractivity contribution in [2.45, 2.75) is 26.3 Å². The molecule has 0 fully saturated rings. The molecule has 1 aromatic rings. The number of anilines is 1. The van der Waals surface area contributed by atoms with Gasteiger partial charge in [-0.3, -0.25) is 4.21 Å². The van der Waals surface area contributed by atoms with Crippen molar-refractivity contribution in [3.05, 3.63) is 17.0 Å². The third kappa shape index (κ3) is 4.45. The summed E-state index contributed by atoms with van der Waals surface area (Å²) in [5.41, 5.74) is 0. The lowest BCUT2D eigenvalue weighted by molar-refractivity contribution is 0.682. The molecule has 0 amide bonds. The van der Waals surface area contributed by atoms with Crippen molar-refractivity contribution in [3.63, 3.8) is 0 Å². The van der Waals surface area contributed by atoms with Crippen LogP contribution in [0.2, 0.25) is 5.15 Å². The number of rotatable bonds is 5. The molecule has 0 saturated heterocycles. The van der Waals surface area contributed by atoms with E-state index < -0.39 is 10.8 Å². The topological polar surface area (TPSA) is 54.9 Å². The molecule has 1 heterocycles. The summed E-state index contributed by atoms with van der Waals surface area (Å²) in [6, 6.07) is 1.78. The van der Waals surface area contributed by atoms with Crippen molar-refractivity contribution in [2.24, 2.45) is 0 Å². The van der Waals surface area contributed by atoms with Crippen LogP contribution in [0.4, 0.5) is 5.82 Å². The molecule has 1 aromatic heterocycles. The molecule has 16 heavy (non-hydrogen) atoms. The van der Waals surface area contributed by atoms with Crippen LogP contribution >= 0.6 is 11.6 Å². The molecule has 0 aliphatic carbocycles. The lowest BCUT2D eigenvalue weighted by Crippen LogP contribution is -2.23. The van der Waals surface area contributed by atoms with Crippen LogP contribution in [-0.4, -0.2) is 32.2 Å². The number of nitrogens with zero attached hydrogens (tertiary/aromatic N) is 2. The molecule has 0 aliphatic rings. The van der Waals surface area contributed by atoms with Crippen molar-refractivity contribution >= 4 is 28.2 Å². The van der Waals surface area contributed by atoms with Gasteiger partial charge in [0.1, 0.15) is 16.8 Å². The van der Waals surface area contributed by atoms with Gasteiger partial charge in [-0.2, -0.15) is 0 Å². The minimum Gasteiger partial charge on any atom is -0.367 e. The third-order valence-electron chi connectivity index (χ3n) is 1.94. The zero-order valence-electron chi connectivity index (χ0n) is 9.66. The van der Waals surface area contributed by atoms with Gasteiger partial charge in [0.05, 0.1) is 0 Å². The predicted octanol–water partition coefficient (Wildman–Crippen LogP) is 1.87. The van der Waals surface area contributed by atoms with E-state index in [1.807, 2.05) is 13.8 Å². The van der Waals surface area contributed by atoms with E-state index in [4.69, 9.17) is 11.6 Å². The number of hydrogen-bond donors (Lipinski definition) is 1. The molecule has 0 saturated carbocycles. The Morgan fingerprint density at radius 3 is 2.81 bits per heavy atom. The molecule has 1 rings (SSSR count). The van der Waals surface area contributed by atoms with Crippen LogP contribution in [0.15, 0.2) is 6.07 Å². The maximum Gasteiger partial charge on any atom is 0.134 e. The molecule has 0 bridgehead atoms. The summed E-state index contributed by atoms with van der Waals surface area (Å²) in [6.45, 7) is 3.93. The first-order valence-corrected chi connectivity index (χ1v) is 7.21.